The van der Waals surface area contributed by atoms with Crippen molar-refractivity contribution in [3.8, 4) is 0 Å². The Morgan fingerprint density at radius 1 is 1.11 bits per heavy atom. The molecule has 1 N–H and O–H groups in total. The number of benzene rings is 2. The number of rotatable bonds is 3. The van der Waals surface area contributed by atoms with Crippen molar-refractivity contribution in [1.29, 1.82) is 0 Å². The van der Waals surface area contributed by atoms with E-state index >= 15 is 0 Å². The van der Waals surface area contributed by atoms with Gasteiger partial charge in [-0.25, -0.2) is 0 Å². The smallest absolute Gasteiger partial charge is 0.281 e. The van der Waals surface area contributed by atoms with Gasteiger partial charge in [-0.1, -0.05) is 80.6 Å². The molecule has 2 aromatic rings. The summed E-state index contributed by atoms with van der Waals surface area (Å²) >= 11 is 21.2. The van der Waals surface area contributed by atoms with Crippen LogP contribution in [0, 0.1) is 6.92 Å². The molecular formula is C17H14BrCl3N2O3S. The van der Waals surface area contributed by atoms with Crippen molar-refractivity contribution in [2.75, 3.05) is 0 Å². The number of halogens is 4. The van der Waals surface area contributed by atoms with Crippen molar-refractivity contribution in [1.82, 2.24) is 4.41 Å². The molecule has 1 aliphatic heterocycles. The molecule has 3 rings (SSSR count). The molecule has 2 aromatic carbocycles. The van der Waals surface area contributed by atoms with Crippen LogP contribution < -0.4 is 0 Å². The summed E-state index contributed by atoms with van der Waals surface area (Å²) in [7, 11) is -4.26. The van der Waals surface area contributed by atoms with Crippen LogP contribution in [0.5, 0.6) is 0 Å². The number of hydrogen-bond acceptors (Lipinski definition) is 4. The fourth-order valence-corrected chi connectivity index (χ4v) is 4.94. The maximum absolute atomic E-state index is 13.1. The van der Waals surface area contributed by atoms with Crippen molar-refractivity contribution in [3.63, 3.8) is 0 Å². The van der Waals surface area contributed by atoms with Gasteiger partial charge in [-0.2, -0.15) is 13.5 Å². The second kappa shape index (κ2) is 7.21. The van der Waals surface area contributed by atoms with Gasteiger partial charge in [0.1, 0.15) is 0 Å². The molecule has 1 heterocycles. The van der Waals surface area contributed by atoms with E-state index in [2.05, 4.69) is 21.0 Å². The van der Waals surface area contributed by atoms with Gasteiger partial charge in [0.05, 0.1) is 10.6 Å². The number of sulfonamides is 1. The normalized spacial score (nSPS) is 20.7. The van der Waals surface area contributed by atoms with E-state index in [4.69, 9.17) is 34.8 Å². The Balaban J connectivity index is 2.13. The molecule has 0 spiro atoms. The predicted molar refractivity (Wildman–Crippen MR) is 111 cm³/mol. The monoisotopic (exact) mass is 510 g/mol. The third-order valence-electron chi connectivity index (χ3n) is 4.12. The number of hydrogen-bond donors (Lipinski definition) is 1. The fourth-order valence-electron chi connectivity index (χ4n) is 2.60. The van der Waals surface area contributed by atoms with Crippen LogP contribution in [0.3, 0.4) is 0 Å². The van der Waals surface area contributed by atoms with Gasteiger partial charge in [-0.05, 0) is 36.8 Å². The van der Waals surface area contributed by atoms with Gasteiger partial charge in [0.25, 0.3) is 10.0 Å². The first-order valence-corrected chi connectivity index (χ1v) is 11.1. The minimum Gasteiger partial charge on any atom is -0.365 e. The van der Waals surface area contributed by atoms with Gasteiger partial charge in [0, 0.05) is 10.9 Å². The lowest BCUT2D eigenvalue weighted by Crippen LogP contribution is -2.55. The maximum Gasteiger partial charge on any atom is 0.281 e. The zero-order chi connectivity index (χ0) is 20.0. The standard InChI is InChI=1S/C17H14BrCl3N2O3S/c1-11-2-8-14(9-3-11)27(25,26)23-16(24,17(19,20)21)10-15(22-23)12-4-6-13(18)7-5-12/h2-9,24H,10H2,1H3. The minimum atomic E-state index is -4.26. The fraction of sp³-hybridized carbons (Fsp3) is 0.235. The van der Waals surface area contributed by atoms with E-state index in [1.165, 1.54) is 12.1 Å². The van der Waals surface area contributed by atoms with Gasteiger partial charge < -0.3 is 5.11 Å². The largest absolute Gasteiger partial charge is 0.365 e. The van der Waals surface area contributed by atoms with E-state index < -0.39 is 19.5 Å². The molecule has 0 amide bonds. The lowest BCUT2D eigenvalue weighted by atomic mass is 10.0. The molecule has 0 bridgehead atoms. The van der Waals surface area contributed by atoms with Crippen LogP contribution in [0.2, 0.25) is 0 Å². The quantitative estimate of drug-likeness (QED) is 0.611. The van der Waals surface area contributed by atoms with Crippen LogP contribution in [-0.2, 0) is 10.0 Å². The zero-order valence-electron chi connectivity index (χ0n) is 13.9. The van der Waals surface area contributed by atoms with Gasteiger partial charge in [0.2, 0.25) is 9.52 Å². The van der Waals surface area contributed by atoms with E-state index in [0.717, 1.165) is 10.0 Å². The molecular weight excluding hydrogens is 499 g/mol. The highest BCUT2D eigenvalue weighted by Gasteiger charge is 2.60. The lowest BCUT2D eigenvalue weighted by molar-refractivity contribution is -0.0382. The van der Waals surface area contributed by atoms with E-state index in [-0.39, 0.29) is 17.0 Å². The highest BCUT2D eigenvalue weighted by Crippen LogP contribution is 2.48. The van der Waals surface area contributed by atoms with Gasteiger partial charge in [-0.15, -0.1) is 4.41 Å². The molecule has 144 valence electrons. The van der Waals surface area contributed by atoms with Crippen LogP contribution in [-0.4, -0.2) is 33.2 Å². The molecule has 1 unspecified atom stereocenters. The Bertz CT molecular complexity index is 990. The van der Waals surface area contributed by atoms with E-state index in [1.54, 1.807) is 36.4 Å². The summed E-state index contributed by atoms with van der Waals surface area (Å²) in [6.45, 7) is 1.83. The lowest BCUT2D eigenvalue weighted by Gasteiger charge is -2.36. The first-order chi connectivity index (χ1) is 12.4. The summed E-state index contributed by atoms with van der Waals surface area (Å²) in [4.78, 5) is -0.0680. The summed E-state index contributed by atoms with van der Waals surface area (Å²) < 4.78 is 25.2. The SMILES string of the molecule is Cc1ccc(S(=O)(=O)N2N=C(c3ccc(Br)cc3)CC2(O)C(Cl)(Cl)Cl)cc1. The van der Waals surface area contributed by atoms with Crippen molar-refractivity contribution >= 4 is 66.5 Å². The summed E-state index contributed by atoms with van der Waals surface area (Å²) in [5, 5.41) is 15.2. The summed E-state index contributed by atoms with van der Waals surface area (Å²) in [6.07, 6.45) is -0.282. The second-order valence-electron chi connectivity index (χ2n) is 6.11. The first kappa shape index (κ1) is 20.9. The van der Waals surface area contributed by atoms with Crippen LogP contribution in [0.4, 0.5) is 0 Å². The Hall–Kier alpha value is -0.830. The maximum atomic E-state index is 13.1. The van der Waals surface area contributed by atoms with E-state index in [1.807, 2.05) is 6.92 Å². The van der Waals surface area contributed by atoms with Gasteiger partial charge >= 0.3 is 0 Å². The minimum absolute atomic E-state index is 0.0680. The molecule has 0 aromatic heterocycles. The molecule has 0 aliphatic carbocycles. The number of alkyl halides is 3. The average Bonchev–Trinajstić information content (AvgIpc) is 2.96. The summed E-state index contributed by atoms with van der Waals surface area (Å²) in [5.74, 6) is 0. The summed E-state index contributed by atoms with van der Waals surface area (Å²) in [5.41, 5.74) is -0.602. The number of hydrazone groups is 1. The average molecular weight is 513 g/mol. The third-order valence-corrected chi connectivity index (χ3v) is 7.26. The highest BCUT2D eigenvalue weighted by atomic mass is 79.9. The van der Waals surface area contributed by atoms with Gasteiger partial charge in [-0.3, -0.25) is 0 Å². The van der Waals surface area contributed by atoms with Crippen molar-refractivity contribution in [2.45, 2.75) is 27.8 Å². The molecule has 27 heavy (non-hydrogen) atoms. The number of nitrogens with zero attached hydrogens (tertiary/aromatic N) is 2. The molecule has 0 fully saturated rings. The zero-order valence-corrected chi connectivity index (χ0v) is 18.6. The van der Waals surface area contributed by atoms with Crippen molar-refractivity contribution in [3.05, 3.63) is 64.1 Å². The van der Waals surface area contributed by atoms with Crippen LogP contribution in [0.15, 0.2) is 63.0 Å². The Kier molecular flexibility index (Phi) is 5.58. The summed E-state index contributed by atoms with van der Waals surface area (Å²) in [6, 6.07) is 13.1. The number of aryl methyl sites for hydroxylation is 1. The molecule has 0 radical (unpaired) electrons. The van der Waals surface area contributed by atoms with Crippen LogP contribution in [0.25, 0.3) is 0 Å². The molecule has 1 aliphatic rings. The van der Waals surface area contributed by atoms with E-state index in [0.29, 0.717) is 9.98 Å². The van der Waals surface area contributed by atoms with E-state index in [9.17, 15) is 13.5 Å². The van der Waals surface area contributed by atoms with Gasteiger partial charge in [0.15, 0.2) is 0 Å². The predicted octanol–water partition coefficient (Wildman–Crippen LogP) is 4.62. The second-order valence-corrected chi connectivity index (χ2v) is 11.1. The Morgan fingerprint density at radius 3 is 2.19 bits per heavy atom. The molecule has 0 saturated heterocycles. The molecule has 1 atom stereocenters. The van der Waals surface area contributed by atoms with Crippen LogP contribution in [0.1, 0.15) is 17.5 Å². The number of aliphatic hydroxyl groups is 1. The molecule has 10 heteroatoms. The Labute approximate surface area is 180 Å². The van der Waals surface area contributed by atoms with Crippen LogP contribution >= 0.6 is 50.7 Å². The van der Waals surface area contributed by atoms with Crippen molar-refractivity contribution < 1.29 is 13.5 Å². The Morgan fingerprint density at radius 2 is 1.67 bits per heavy atom. The molecule has 0 saturated carbocycles. The highest BCUT2D eigenvalue weighted by molar-refractivity contribution is 9.10. The van der Waals surface area contributed by atoms with Crippen molar-refractivity contribution in [2.24, 2.45) is 5.10 Å². The third kappa shape index (κ3) is 3.86. The topological polar surface area (TPSA) is 70.0 Å². The first-order valence-electron chi connectivity index (χ1n) is 7.70. The molecule has 5 nitrogen and oxygen atoms in total.